The van der Waals surface area contributed by atoms with Gasteiger partial charge in [-0.1, -0.05) is 28.1 Å². The molecule has 0 aliphatic heterocycles. The molecule has 0 bridgehead atoms. The monoisotopic (exact) mass is 533 g/mol. The van der Waals surface area contributed by atoms with Gasteiger partial charge in [0.2, 0.25) is 0 Å². The van der Waals surface area contributed by atoms with Gasteiger partial charge >= 0.3 is 5.69 Å². The molecule has 7 nitrogen and oxygen atoms in total. The van der Waals surface area contributed by atoms with Crippen LogP contribution in [0.5, 0.6) is 0 Å². The topological polar surface area (TPSA) is 66.9 Å². The zero-order valence-corrected chi connectivity index (χ0v) is 20.1. The van der Waals surface area contributed by atoms with Crippen molar-refractivity contribution in [1.82, 2.24) is 23.9 Å². The number of ether oxygens (including phenoxy) is 1. The van der Waals surface area contributed by atoms with Crippen LogP contribution in [0.3, 0.4) is 0 Å². The number of hydrogen-bond acceptors (Lipinski definition) is 4. The molecule has 156 valence electrons. The highest BCUT2D eigenvalue weighted by atomic mass is 79.9. The van der Waals surface area contributed by atoms with Crippen LogP contribution in [0.15, 0.2) is 50.1 Å². The van der Waals surface area contributed by atoms with Crippen molar-refractivity contribution in [2.45, 2.75) is 13.0 Å². The maximum absolute atomic E-state index is 12.3. The standard InChI is InChI=1S/C21H21Br2N5O2/c1-26-17-11-15(16(23)12-18(17)27(2)21(26)29)20-24-19(25-28(20)7-8-30-3)10-13-5-4-6-14(22)9-13/h4-6,9,11-12H,7-8,10H2,1-3H3. The van der Waals surface area contributed by atoms with Crippen LogP contribution in [0.1, 0.15) is 11.4 Å². The lowest BCUT2D eigenvalue weighted by atomic mass is 10.1. The highest BCUT2D eigenvalue weighted by Crippen LogP contribution is 2.31. The summed E-state index contributed by atoms with van der Waals surface area (Å²) >= 11 is 7.18. The van der Waals surface area contributed by atoms with E-state index in [1.807, 2.05) is 28.9 Å². The molecule has 2 heterocycles. The molecule has 0 saturated heterocycles. The Kier molecular flexibility index (Phi) is 5.95. The Morgan fingerprint density at radius 1 is 1.07 bits per heavy atom. The summed E-state index contributed by atoms with van der Waals surface area (Å²) in [5, 5.41) is 4.73. The van der Waals surface area contributed by atoms with Crippen LogP contribution >= 0.6 is 31.9 Å². The number of methoxy groups -OCH3 is 1. The lowest BCUT2D eigenvalue weighted by Crippen LogP contribution is -2.19. The van der Waals surface area contributed by atoms with Gasteiger partial charge in [0.15, 0.2) is 11.6 Å². The average Bonchev–Trinajstić information content (AvgIpc) is 3.20. The van der Waals surface area contributed by atoms with Crippen molar-refractivity contribution in [3.8, 4) is 11.4 Å². The van der Waals surface area contributed by atoms with Gasteiger partial charge in [-0.3, -0.25) is 9.13 Å². The van der Waals surface area contributed by atoms with Crippen LogP contribution < -0.4 is 5.69 Å². The summed E-state index contributed by atoms with van der Waals surface area (Å²) in [7, 11) is 5.21. The first-order chi connectivity index (χ1) is 14.4. The molecule has 0 unspecified atom stereocenters. The first kappa shape index (κ1) is 21.0. The van der Waals surface area contributed by atoms with Crippen molar-refractivity contribution in [2.24, 2.45) is 14.1 Å². The number of fused-ring (bicyclic) bond motifs is 1. The normalized spacial score (nSPS) is 11.5. The maximum atomic E-state index is 12.3. The Balaban J connectivity index is 1.82. The summed E-state index contributed by atoms with van der Waals surface area (Å²) in [6.45, 7) is 1.10. The van der Waals surface area contributed by atoms with E-state index >= 15 is 0 Å². The molecule has 2 aromatic carbocycles. The predicted octanol–water partition coefficient (Wildman–Crippen LogP) is 3.90. The van der Waals surface area contributed by atoms with Crippen LogP contribution in [-0.4, -0.2) is 37.6 Å². The zero-order chi connectivity index (χ0) is 21.4. The maximum Gasteiger partial charge on any atom is 0.328 e. The lowest BCUT2D eigenvalue weighted by Gasteiger charge is -2.08. The highest BCUT2D eigenvalue weighted by Gasteiger charge is 2.18. The number of hydrogen-bond donors (Lipinski definition) is 0. The molecule has 0 spiro atoms. The summed E-state index contributed by atoms with van der Waals surface area (Å²) in [6.07, 6.45) is 0.621. The number of nitrogens with zero attached hydrogens (tertiary/aromatic N) is 5. The molecule has 0 atom stereocenters. The van der Waals surface area contributed by atoms with Gasteiger partial charge in [0.05, 0.1) is 24.2 Å². The van der Waals surface area contributed by atoms with E-state index in [1.54, 1.807) is 30.3 Å². The first-order valence-electron chi connectivity index (χ1n) is 9.41. The highest BCUT2D eigenvalue weighted by molar-refractivity contribution is 9.10. The SMILES string of the molecule is COCCn1nc(Cc2cccc(Br)c2)nc1-c1cc2c(cc1Br)n(C)c(=O)n2C. The minimum atomic E-state index is -0.0646. The second-order valence-corrected chi connectivity index (χ2v) is 8.87. The molecule has 0 fully saturated rings. The van der Waals surface area contributed by atoms with E-state index in [2.05, 4.69) is 44.0 Å². The van der Waals surface area contributed by atoms with Crippen molar-refractivity contribution < 1.29 is 4.74 Å². The fraction of sp³-hybridized carbons (Fsp3) is 0.286. The van der Waals surface area contributed by atoms with Gasteiger partial charge < -0.3 is 4.74 Å². The molecular formula is C21H21Br2N5O2. The van der Waals surface area contributed by atoms with Crippen LogP contribution in [0, 0.1) is 0 Å². The van der Waals surface area contributed by atoms with Gasteiger partial charge in [0.25, 0.3) is 0 Å². The van der Waals surface area contributed by atoms with E-state index in [-0.39, 0.29) is 5.69 Å². The van der Waals surface area contributed by atoms with Crippen LogP contribution in [0.2, 0.25) is 0 Å². The fourth-order valence-electron chi connectivity index (χ4n) is 3.52. The van der Waals surface area contributed by atoms with E-state index in [9.17, 15) is 4.79 Å². The second kappa shape index (κ2) is 8.49. The Morgan fingerprint density at radius 3 is 2.50 bits per heavy atom. The van der Waals surface area contributed by atoms with Gasteiger partial charge in [-0.25, -0.2) is 14.5 Å². The Labute approximate surface area is 190 Å². The Bertz CT molecular complexity index is 1290. The summed E-state index contributed by atoms with van der Waals surface area (Å²) < 4.78 is 12.3. The first-order valence-corrected chi connectivity index (χ1v) is 11.0. The molecule has 0 amide bonds. The number of imidazole rings is 1. The van der Waals surface area contributed by atoms with Crippen molar-refractivity contribution in [2.75, 3.05) is 13.7 Å². The van der Waals surface area contributed by atoms with E-state index in [0.29, 0.717) is 19.6 Å². The largest absolute Gasteiger partial charge is 0.383 e. The molecule has 4 aromatic rings. The Hall–Kier alpha value is -2.23. The quantitative estimate of drug-likeness (QED) is 0.376. The van der Waals surface area contributed by atoms with Gasteiger partial charge in [-0.15, -0.1) is 0 Å². The van der Waals surface area contributed by atoms with Gasteiger partial charge in [0, 0.05) is 42.1 Å². The number of rotatable bonds is 6. The molecule has 0 aliphatic carbocycles. The zero-order valence-electron chi connectivity index (χ0n) is 16.9. The molecule has 9 heteroatoms. The predicted molar refractivity (Wildman–Crippen MR) is 124 cm³/mol. The van der Waals surface area contributed by atoms with E-state index in [0.717, 1.165) is 42.8 Å². The second-order valence-electron chi connectivity index (χ2n) is 7.10. The number of aryl methyl sites for hydroxylation is 2. The van der Waals surface area contributed by atoms with Crippen molar-refractivity contribution >= 4 is 42.9 Å². The van der Waals surface area contributed by atoms with Gasteiger partial charge in [-0.2, -0.15) is 5.10 Å². The average molecular weight is 535 g/mol. The summed E-state index contributed by atoms with van der Waals surface area (Å²) in [5.74, 6) is 1.47. The van der Waals surface area contributed by atoms with Gasteiger partial charge in [0.1, 0.15) is 0 Å². The van der Waals surface area contributed by atoms with Crippen LogP contribution in [-0.2, 0) is 31.8 Å². The summed E-state index contributed by atoms with van der Waals surface area (Å²) in [4.78, 5) is 17.2. The number of benzene rings is 2. The minimum Gasteiger partial charge on any atom is -0.383 e. The minimum absolute atomic E-state index is 0.0646. The molecule has 2 aromatic heterocycles. The molecule has 0 radical (unpaired) electrons. The molecule has 0 aliphatic rings. The molecule has 0 saturated carbocycles. The lowest BCUT2D eigenvalue weighted by molar-refractivity contribution is 0.184. The summed E-state index contributed by atoms with van der Waals surface area (Å²) in [6, 6.07) is 12.1. The van der Waals surface area contributed by atoms with E-state index in [1.165, 1.54) is 0 Å². The third kappa shape index (κ3) is 3.89. The molecule has 0 N–H and O–H groups in total. The Morgan fingerprint density at radius 2 is 1.80 bits per heavy atom. The smallest absolute Gasteiger partial charge is 0.328 e. The third-order valence-corrected chi connectivity index (χ3v) is 6.23. The molecular weight excluding hydrogens is 514 g/mol. The van der Waals surface area contributed by atoms with Crippen molar-refractivity contribution in [1.29, 1.82) is 0 Å². The molecule has 4 rings (SSSR count). The van der Waals surface area contributed by atoms with Crippen LogP contribution in [0.4, 0.5) is 0 Å². The molecule has 30 heavy (non-hydrogen) atoms. The fourth-order valence-corrected chi connectivity index (χ4v) is 4.47. The number of halogens is 2. The summed E-state index contributed by atoms with van der Waals surface area (Å²) in [5.41, 5.74) is 3.64. The number of aromatic nitrogens is 5. The third-order valence-electron chi connectivity index (χ3n) is 5.08. The van der Waals surface area contributed by atoms with Crippen molar-refractivity contribution in [3.05, 3.63) is 67.2 Å². The van der Waals surface area contributed by atoms with Crippen LogP contribution in [0.25, 0.3) is 22.4 Å². The van der Waals surface area contributed by atoms with E-state index in [4.69, 9.17) is 14.8 Å². The van der Waals surface area contributed by atoms with Crippen molar-refractivity contribution in [3.63, 3.8) is 0 Å². The van der Waals surface area contributed by atoms with Gasteiger partial charge in [-0.05, 0) is 45.8 Å². The van der Waals surface area contributed by atoms with E-state index < -0.39 is 0 Å².